The Morgan fingerprint density at radius 3 is 2.23 bits per heavy atom. The third-order valence-corrected chi connectivity index (χ3v) is 5.43. The topological polar surface area (TPSA) is 0 Å². The van der Waals surface area contributed by atoms with Gasteiger partial charge in [0, 0.05) is 0 Å². The van der Waals surface area contributed by atoms with Gasteiger partial charge in [-0.1, -0.05) is 56.8 Å². The summed E-state index contributed by atoms with van der Waals surface area (Å²) in [4.78, 5) is 0. The van der Waals surface area contributed by atoms with Gasteiger partial charge in [0.15, 0.2) is 0 Å². The van der Waals surface area contributed by atoms with Crippen LogP contribution in [0.25, 0.3) is 0 Å². The van der Waals surface area contributed by atoms with E-state index in [1.165, 1.54) is 59.8 Å². The molecule has 144 valence electrons. The van der Waals surface area contributed by atoms with Crippen LogP contribution in [-0.2, 0) is 23.0 Å². The number of hydrogen-bond donors (Lipinski definition) is 0. The summed E-state index contributed by atoms with van der Waals surface area (Å²) in [6.45, 7) is 8.88. The molecule has 4 atom stereocenters. The van der Waals surface area contributed by atoms with Gasteiger partial charge < -0.3 is 6.42 Å². The van der Waals surface area contributed by atoms with Crippen molar-refractivity contribution in [3.63, 3.8) is 0 Å². The third-order valence-electron chi connectivity index (χ3n) is 5.43. The van der Waals surface area contributed by atoms with E-state index in [2.05, 4.69) is 69.8 Å². The molecule has 2 saturated carbocycles. The standard InChI is InChI=1S/C13H17.C7H9.C2H6Si.2ClH.Hf/c1-3-7-12-10(5-1)9-11-6-2-4-8-13(11)12;1-6-4-3-5-7(6)2;1-3-2;;;/h1,3,5,7,9-13H,2,4,6,8H2;4H,3H2,1-2H3;1-2H3;2*1H;/q2*-1;;;;+2. The van der Waals surface area contributed by atoms with Gasteiger partial charge in [0.05, 0.1) is 0 Å². The Bertz CT molecular complexity index is 542. The van der Waals surface area contributed by atoms with E-state index in [9.17, 15) is 0 Å². The van der Waals surface area contributed by atoms with Crippen LogP contribution in [0.3, 0.4) is 0 Å². The van der Waals surface area contributed by atoms with Crippen molar-refractivity contribution in [2.45, 2.75) is 59.0 Å². The Kier molecular flexibility index (Phi) is 14.1. The fourth-order valence-electron chi connectivity index (χ4n) is 4.10. The summed E-state index contributed by atoms with van der Waals surface area (Å²) in [5, 5.41) is 0. The number of allylic oxidation sites excluding steroid dienone is 8. The predicted octanol–water partition coefficient (Wildman–Crippen LogP) is 7.08. The van der Waals surface area contributed by atoms with Crippen molar-refractivity contribution in [1.82, 2.24) is 0 Å². The van der Waals surface area contributed by atoms with Gasteiger partial charge in [-0.05, 0) is 5.92 Å². The Labute approximate surface area is 189 Å². The Morgan fingerprint density at radius 2 is 1.69 bits per heavy atom. The van der Waals surface area contributed by atoms with Gasteiger partial charge in [0.2, 0.25) is 0 Å². The van der Waals surface area contributed by atoms with E-state index >= 15 is 0 Å². The molecule has 4 unspecified atom stereocenters. The maximum absolute atomic E-state index is 3.19. The molecule has 0 spiro atoms. The monoisotopic (exact) mass is 576 g/mol. The van der Waals surface area contributed by atoms with Crippen molar-refractivity contribution in [3.8, 4) is 0 Å². The smallest absolute Gasteiger partial charge is 0.147 e. The van der Waals surface area contributed by atoms with Crippen molar-refractivity contribution in [3.05, 3.63) is 54.0 Å². The van der Waals surface area contributed by atoms with Gasteiger partial charge in [-0.3, -0.25) is 6.08 Å². The van der Waals surface area contributed by atoms with Crippen molar-refractivity contribution < 1.29 is 23.0 Å². The van der Waals surface area contributed by atoms with E-state index in [0.29, 0.717) is 0 Å². The summed E-state index contributed by atoms with van der Waals surface area (Å²) in [5.74, 6) is 3.56. The van der Waals surface area contributed by atoms with Crippen molar-refractivity contribution in [2.75, 3.05) is 0 Å². The first kappa shape index (κ1) is 26.6. The average Bonchev–Trinajstić information content (AvgIpc) is 3.11. The maximum atomic E-state index is 3.19. The fourth-order valence-corrected chi connectivity index (χ4v) is 4.10. The van der Waals surface area contributed by atoms with Crippen LogP contribution in [0.5, 0.6) is 0 Å². The summed E-state index contributed by atoms with van der Waals surface area (Å²) in [6, 6.07) is 0. The molecule has 0 aromatic rings. The molecule has 0 amide bonds. The summed E-state index contributed by atoms with van der Waals surface area (Å²) < 4.78 is 0. The average molecular weight is 576 g/mol. The first-order valence-electron chi connectivity index (χ1n) is 9.45. The number of rotatable bonds is 0. The van der Waals surface area contributed by atoms with Crippen LogP contribution >= 0.6 is 24.8 Å². The quantitative estimate of drug-likeness (QED) is 0.214. The number of hydrogen-bond acceptors (Lipinski definition) is 0. The predicted molar refractivity (Wildman–Crippen MR) is 118 cm³/mol. The number of fused-ring (bicyclic) bond motifs is 3. The molecule has 0 aromatic heterocycles. The zero-order valence-corrected chi connectivity index (χ0v) is 22.9. The summed E-state index contributed by atoms with van der Waals surface area (Å²) >= 11 is 1.45. The van der Waals surface area contributed by atoms with Gasteiger partial charge in [-0.25, -0.2) is 11.1 Å². The molecular weight excluding hydrogens is 542 g/mol. The SMILES string of the molecule is C1=CC2[CH-]C3CCCCC3C2C=C1.CC1=[C-]CC=C1C.C[Si](C)=[Hf+2].Cl.Cl. The van der Waals surface area contributed by atoms with E-state index in [4.69, 9.17) is 0 Å². The molecule has 26 heavy (non-hydrogen) atoms. The van der Waals surface area contributed by atoms with Crippen LogP contribution < -0.4 is 0 Å². The van der Waals surface area contributed by atoms with Gasteiger partial charge in [0.25, 0.3) is 0 Å². The third kappa shape index (κ3) is 8.33. The van der Waals surface area contributed by atoms with E-state index in [0.717, 1.165) is 30.1 Å². The zero-order valence-electron chi connectivity index (χ0n) is 16.6. The van der Waals surface area contributed by atoms with Crippen molar-refractivity contribution in [1.29, 1.82) is 0 Å². The van der Waals surface area contributed by atoms with Crippen molar-refractivity contribution in [2.24, 2.45) is 23.7 Å². The molecule has 0 aliphatic heterocycles. The van der Waals surface area contributed by atoms with E-state index in [-0.39, 0.29) is 30.3 Å². The van der Waals surface area contributed by atoms with E-state index in [1.54, 1.807) is 0 Å². The van der Waals surface area contributed by atoms with Crippen LogP contribution in [0.4, 0.5) is 0 Å². The molecule has 0 N–H and O–H groups in total. The molecular formula is C22H34Cl2HfSi. The molecule has 0 bridgehead atoms. The Balaban J connectivity index is 0.000000415. The molecule has 0 saturated heterocycles. The fraction of sp³-hybridized carbons (Fsp3) is 0.591. The zero-order chi connectivity index (χ0) is 17.5. The summed E-state index contributed by atoms with van der Waals surface area (Å²) in [7, 11) is 0. The first-order valence-corrected chi connectivity index (χ1v) is 17.3. The summed E-state index contributed by atoms with van der Waals surface area (Å²) in [5.41, 5.74) is 2.97. The normalized spacial score (nSPS) is 29.9. The first-order chi connectivity index (χ1) is 11.5. The van der Waals surface area contributed by atoms with Gasteiger partial charge in [0.1, 0.15) is 0 Å². The van der Waals surface area contributed by atoms with Crippen LogP contribution in [-0.4, -0.2) is 5.49 Å². The largest absolute Gasteiger partial charge is 0.147 e. The van der Waals surface area contributed by atoms with Crippen LogP contribution in [0.1, 0.15) is 46.0 Å². The molecule has 0 heterocycles. The van der Waals surface area contributed by atoms with Crippen LogP contribution in [0.15, 0.2) is 41.5 Å². The molecule has 0 aromatic carbocycles. The Hall–Kier alpha value is 0.627. The molecule has 4 aliphatic carbocycles. The molecule has 4 rings (SSSR count). The summed E-state index contributed by atoms with van der Waals surface area (Å²) in [6.07, 6.45) is 24.2. The second-order valence-corrected chi connectivity index (χ2v) is 20.4. The Morgan fingerprint density at radius 1 is 1.08 bits per heavy atom. The van der Waals surface area contributed by atoms with Gasteiger partial charge >= 0.3 is 41.6 Å². The second-order valence-electron chi connectivity index (χ2n) is 7.62. The van der Waals surface area contributed by atoms with Gasteiger partial charge in [-0.2, -0.15) is 12.0 Å². The second kappa shape index (κ2) is 13.7. The van der Waals surface area contributed by atoms with Crippen molar-refractivity contribution >= 4 is 30.3 Å². The van der Waals surface area contributed by atoms with Crippen LogP contribution in [0, 0.1) is 36.2 Å². The van der Waals surface area contributed by atoms with E-state index < -0.39 is 0 Å². The minimum Gasteiger partial charge on any atom is -0.147 e. The molecule has 4 aliphatic rings. The minimum absolute atomic E-state index is 0. The van der Waals surface area contributed by atoms with Crippen LogP contribution in [0.2, 0.25) is 13.1 Å². The number of halogens is 2. The van der Waals surface area contributed by atoms with E-state index in [1.807, 2.05) is 0 Å². The van der Waals surface area contributed by atoms with Gasteiger partial charge in [-0.15, -0.1) is 50.2 Å². The molecule has 2 fully saturated rings. The minimum atomic E-state index is 0. The molecule has 4 heteroatoms. The molecule has 0 nitrogen and oxygen atoms in total. The maximum Gasteiger partial charge on any atom is -0.147 e. The molecule has 0 radical (unpaired) electrons.